The maximum Gasteiger partial charge on any atom is 0.303 e. The van der Waals surface area contributed by atoms with Gasteiger partial charge in [0.2, 0.25) is 11.8 Å². The van der Waals surface area contributed by atoms with Crippen molar-refractivity contribution in [1.82, 2.24) is 20.9 Å². The summed E-state index contributed by atoms with van der Waals surface area (Å²) in [5.41, 5.74) is 4.21. The first kappa shape index (κ1) is 31.2. The van der Waals surface area contributed by atoms with Crippen LogP contribution in [0.5, 0.6) is 5.75 Å². The Morgan fingerprint density at radius 1 is 0.951 bits per heavy atom. The van der Waals surface area contributed by atoms with Gasteiger partial charge in [-0.05, 0) is 68.0 Å². The van der Waals surface area contributed by atoms with Crippen LogP contribution in [0.25, 0.3) is 10.9 Å². The quantitative estimate of drug-likeness (QED) is 0.180. The molecular weight excluding hydrogens is 524 g/mol. The molecule has 0 aliphatic heterocycles. The summed E-state index contributed by atoms with van der Waals surface area (Å²) in [4.78, 5) is 53.3. The fourth-order valence-electron chi connectivity index (χ4n) is 4.46. The molecule has 3 rings (SSSR count). The van der Waals surface area contributed by atoms with Gasteiger partial charge < -0.3 is 30.8 Å². The first-order valence-electron chi connectivity index (χ1n) is 14.0. The zero-order valence-electron chi connectivity index (χ0n) is 23.9. The van der Waals surface area contributed by atoms with Gasteiger partial charge in [-0.3, -0.25) is 19.2 Å². The third-order valence-corrected chi connectivity index (χ3v) is 6.99. The van der Waals surface area contributed by atoms with E-state index >= 15 is 0 Å². The molecule has 220 valence electrons. The summed E-state index contributed by atoms with van der Waals surface area (Å²) in [6.07, 6.45) is 4.03. The molecule has 1 heterocycles. The monoisotopic (exact) mass is 564 g/mol. The number of hydrogen-bond acceptors (Lipinski definition) is 5. The maximum atomic E-state index is 13.2. The maximum absolute atomic E-state index is 13.2. The number of nitrogens with one attached hydrogen (secondary N) is 4. The van der Waals surface area contributed by atoms with Crippen LogP contribution in [-0.4, -0.2) is 59.0 Å². The van der Waals surface area contributed by atoms with Crippen LogP contribution >= 0.6 is 0 Å². The number of benzene rings is 2. The third-order valence-electron chi connectivity index (χ3n) is 6.99. The molecule has 10 nitrogen and oxygen atoms in total. The lowest BCUT2D eigenvalue weighted by Crippen LogP contribution is -2.54. The summed E-state index contributed by atoms with van der Waals surface area (Å²) in [5, 5.41) is 18.5. The Balaban J connectivity index is 1.59. The molecule has 0 fully saturated rings. The van der Waals surface area contributed by atoms with Gasteiger partial charge in [-0.25, -0.2) is 0 Å². The molecule has 2 unspecified atom stereocenters. The highest BCUT2D eigenvalue weighted by molar-refractivity contribution is 5.92. The predicted octanol–water partition coefficient (Wildman–Crippen LogP) is 3.55. The molecule has 2 aromatic carbocycles. The number of carboxylic acids is 1. The highest BCUT2D eigenvalue weighted by atomic mass is 16.5. The Morgan fingerprint density at radius 2 is 1.71 bits per heavy atom. The zero-order chi connectivity index (χ0) is 29.8. The number of carbonyl (C=O) groups excluding carboxylic acids is 3. The van der Waals surface area contributed by atoms with Gasteiger partial charge in [0.25, 0.3) is 5.91 Å². The van der Waals surface area contributed by atoms with E-state index in [0.29, 0.717) is 31.6 Å². The zero-order valence-corrected chi connectivity index (χ0v) is 23.9. The van der Waals surface area contributed by atoms with E-state index in [1.54, 1.807) is 6.07 Å². The van der Waals surface area contributed by atoms with E-state index in [1.165, 1.54) is 0 Å². The average molecular weight is 565 g/mol. The van der Waals surface area contributed by atoms with E-state index in [1.807, 2.05) is 63.4 Å². The van der Waals surface area contributed by atoms with Crippen LogP contribution in [-0.2, 0) is 25.6 Å². The summed E-state index contributed by atoms with van der Waals surface area (Å²) in [7, 11) is 0. The SMILES string of the molecule is CCCCC(NC(=O)C(CCC(=O)O)NC(=O)COc1ccc(C)c(C)c1)C(=O)NCCc1c[nH]c2ccccc12. The van der Waals surface area contributed by atoms with Gasteiger partial charge >= 0.3 is 5.97 Å². The van der Waals surface area contributed by atoms with Crippen molar-refractivity contribution in [1.29, 1.82) is 0 Å². The molecule has 0 aliphatic rings. The minimum absolute atomic E-state index is 0.126. The van der Waals surface area contributed by atoms with Crippen molar-refractivity contribution in [3.8, 4) is 5.75 Å². The lowest BCUT2D eigenvalue weighted by Gasteiger charge is -2.23. The number of aromatic nitrogens is 1. The molecule has 0 aliphatic carbocycles. The Labute approximate surface area is 240 Å². The van der Waals surface area contributed by atoms with Crippen LogP contribution in [0.3, 0.4) is 0 Å². The molecule has 3 aromatic rings. The molecule has 1 aromatic heterocycles. The van der Waals surface area contributed by atoms with E-state index in [2.05, 4.69) is 20.9 Å². The molecule has 0 saturated heterocycles. The van der Waals surface area contributed by atoms with E-state index in [-0.39, 0.29) is 25.4 Å². The van der Waals surface area contributed by atoms with E-state index in [9.17, 15) is 24.3 Å². The molecule has 41 heavy (non-hydrogen) atoms. The topological polar surface area (TPSA) is 150 Å². The number of hydrogen-bond donors (Lipinski definition) is 5. The van der Waals surface area contributed by atoms with Crippen LogP contribution in [0.2, 0.25) is 0 Å². The largest absolute Gasteiger partial charge is 0.484 e. The molecule has 3 amide bonds. The Bertz CT molecular complexity index is 1350. The molecule has 0 radical (unpaired) electrons. The normalized spacial score (nSPS) is 12.4. The molecule has 5 N–H and O–H groups in total. The number of aliphatic carboxylic acids is 1. The number of rotatable bonds is 16. The highest BCUT2D eigenvalue weighted by Crippen LogP contribution is 2.18. The number of ether oxygens (including phenoxy) is 1. The van der Waals surface area contributed by atoms with Gasteiger partial charge in [0.05, 0.1) is 0 Å². The number of unbranched alkanes of at least 4 members (excludes halogenated alkanes) is 1. The second kappa shape index (κ2) is 15.4. The highest BCUT2D eigenvalue weighted by Gasteiger charge is 2.27. The fourth-order valence-corrected chi connectivity index (χ4v) is 4.46. The molecule has 0 bridgehead atoms. The minimum atomic E-state index is -1.13. The Hall–Kier alpha value is -4.34. The van der Waals surface area contributed by atoms with Crippen molar-refractivity contribution in [2.45, 2.75) is 71.4 Å². The summed E-state index contributed by atoms with van der Waals surface area (Å²) in [6, 6.07) is 11.4. The van der Waals surface area contributed by atoms with E-state index in [0.717, 1.165) is 34.0 Å². The third kappa shape index (κ3) is 9.66. The summed E-state index contributed by atoms with van der Waals surface area (Å²) in [5.74, 6) is -2.09. The predicted molar refractivity (Wildman–Crippen MR) is 157 cm³/mol. The number of H-pyrrole nitrogens is 1. The first-order chi connectivity index (χ1) is 19.7. The summed E-state index contributed by atoms with van der Waals surface area (Å²) in [6.45, 7) is 5.93. The van der Waals surface area contributed by atoms with E-state index < -0.39 is 29.9 Å². The van der Waals surface area contributed by atoms with Crippen molar-refractivity contribution >= 4 is 34.6 Å². The van der Waals surface area contributed by atoms with Crippen molar-refractivity contribution in [2.24, 2.45) is 0 Å². The van der Waals surface area contributed by atoms with Crippen LogP contribution in [0.4, 0.5) is 0 Å². The summed E-state index contributed by atoms with van der Waals surface area (Å²) < 4.78 is 5.56. The van der Waals surface area contributed by atoms with Crippen molar-refractivity contribution in [2.75, 3.05) is 13.2 Å². The average Bonchev–Trinajstić information content (AvgIpc) is 3.36. The fraction of sp³-hybridized carbons (Fsp3) is 0.419. The standard InChI is InChI=1S/C31H40N4O6/c1-4-5-9-26(30(39)32-16-15-22-18-33-25-10-7-6-8-24(22)25)35-31(40)27(13-14-29(37)38)34-28(36)19-41-23-12-11-20(2)21(3)17-23/h6-8,10-12,17-18,26-27,33H,4-5,9,13-16,19H2,1-3H3,(H,32,39)(H,34,36)(H,35,40)(H,37,38). The minimum Gasteiger partial charge on any atom is -0.484 e. The number of fused-ring (bicyclic) bond motifs is 1. The second-order valence-corrected chi connectivity index (χ2v) is 10.2. The molecular formula is C31H40N4O6. The number of aromatic amines is 1. The van der Waals surface area contributed by atoms with Crippen molar-refractivity contribution < 1.29 is 29.0 Å². The smallest absolute Gasteiger partial charge is 0.303 e. The lowest BCUT2D eigenvalue weighted by atomic mass is 10.1. The van der Waals surface area contributed by atoms with Gasteiger partial charge in [0.1, 0.15) is 17.8 Å². The van der Waals surface area contributed by atoms with Crippen LogP contribution < -0.4 is 20.7 Å². The van der Waals surface area contributed by atoms with Crippen molar-refractivity contribution in [3.05, 3.63) is 65.4 Å². The van der Waals surface area contributed by atoms with Crippen LogP contribution in [0.15, 0.2) is 48.7 Å². The number of amides is 3. The van der Waals surface area contributed by atoms with E-state index in [4.69, 9.17) is 4.74 Å². The van der Waals surface area contributed by atoms with Crippen LogP contribution in [0.1, 0.15) is 55.7 Å². The van der Waals surface area contributed by atoms with Crippen molar-refractivity contribution in [3.63, 3.8) is 0 Å². The van der Waals surface area contributed by atoms with Gasteiger partial charge in [0, 0.05) is 30.1 Å². The van der Waals surface area contributed by atoms with Gasteiger partial charge in [-0.2, -0.15) is 0 Å². The lowest BCUT2D eigenvalue weighted by molar-refractivity contribution is -0.138. The number of carboxylic acid groups (broad SMARTS) is 1. The summed E-state index contributed by atoms with van der Waals surface area (Å²) >= 11 is 0. The van der Waals surface area contributed by atoms with Gasteiger partial charge in [0.15, 0.2) is 6.61 Å². The first-order valence-corrected chi connectivity index (χ1v) is 14.0. The van der Waals surface area contributed by atoms with Gasteiger partial charge in [-0.1, -0.05) is 44.0 Å². The molecule has 2 atom stereocenters. The van der Waals surface area contributed by atoms with Gasteiger partial charge in [-0.15, -0.1) is 0 Å². The molecule has 0 spiro atoms. The number of para-hydroxylation sites is 1. The molecule has 0 saturated carbocycles. The Morgan fingerprint density at radius 3 is 2.44 bits per heavy atom. The number of carbonyl (C=O) groups is 4. The second-order valence-electron chi connectivity index (χ2n) is 10.2. The number of aryl methyl sites for hydroxylation is 2. The van der Waals surface area contributed by atoms with Crippen LogP contribution in [0, 0.1) is 13.8 Å². The molecule has 10 heteroatoms. The Kier molecular flexibility index (Phi) is 11.8.